The zero-order valence-electron chi connectivity index (χ0n) is 37.7. The molecule has 0 saturated heterocycles. The molecule has 10 nitrogen and oxygen atoms in total. The van der Waals surface area contributed by atoms with Crippen molar-refractivity contribution >= 4 is 58.0 Å². The molecule has 0 unspecified atom stereocenters. The molecule has 0 aliphatic heterocycles. The van der Waals surface area contributed by atoms with E-state index in [1.165, 1.54) is 171 Å². The van der Waals surface area contributed by atoms with Crippen LogP contribution in [0.5, 0.6) is 34.5 Å². The Bertz CT molecular complexity index is 1910. The van der Waals surface area contributed by atoms with Crippen molar-refractivity contribution in [3.63, 3.8) is 0 Å². The van der Waals surface area contributed by atoms with Gasteiger partial charge in [-0.2, -0.15) is 8.42 Å². The van der Waals surface area contributed by atoms with Crippen LogP contribution >= 0.6 is 0 Å². The fourth-order valence-corrected chi connectivity index (χ4v) is 8.35. The van der Waals surface area contributed by atoms with E-state index in [4.69, 9.17) is 14.0 Å². The third kappa shape index (κ3) is 24.3. The number of ether oxygens (including phenoxy) is 2. The van der Waals surface area contributed by atoms with Gasteiger partial charge >= 0.3 is 37.7 Å². The Morgan fingerprint density at radius 3 is 1.10 bits per heavy atom. The molecule has 0 aliphatic rings. The van der Waals surface area contributed by atoms with E-state index in [-0.39, 0.29) is 43.5 Å². The maximum atomic E-state index is 11.8. The Kier molecular flexibility index (Phi) is 28.5. The smallest absolute Gasteiger partial charge is 0.872 e. The molecular weight excluding hydrogens is 865 g/mol. The number of aromatic hydroxyl groups is 1. The molecule has 0 radical (unpaired) electrons. The Morgan fingerprint density at radius 1 is 0.460 bits per heavy atom. The molecule has 0 aliphatic carbocycles. The van der Waals surface area contributed by atoms with Crippen LogP contribution in [-0.4, -0.2) is 68.8 Å². The zero-order valence-corrected chi connectivity index (χ0v) is 41.6. The summed E-state index contributed by atoms with van der Waals surface area (Å²) in [5, 5.41) is 21.5. The molecule has 4 aromatic rings. The van der Waals surface area contributed by atoms with Gasteiger partial charge in [-0.15, -0.1) is 0 Å². The van der Waals surface area contributed by atoms with Gasteiger partial charge in [-0.05, 0) is 91.4 Å². The van der Waals surface area contributed by atoms with Gasteiger partial charge in [0.1, 0.15) is 43.8 Å². The quantitative estimate of drug-likeness (QED) is 0.0291. The zero-order chi connectivity index (χ0) is 45.1. The first kappa shape index (κ1) is 56.3. The van der Waals surface area contributed by atoms with Crippen LogP contribution < -0.4 is 14.6 Å². The van der Waals surface area contributed by atoms with Crippen molar-refractivity contribution in [1.82, 2.24) is 0 Å². The number of hydrogen-bond donors (Lipinski definition) is 2. The van der Waals surface area contributed by atoms with E-state index in [1.807, 2.05) is 48.5 Å². The summed E-state index contributed by atoms with van der Waals surface area (Å²) in [6.45, 7) is 4.51. The number of phenolic OH excluding ortho intramolecular Hbond substituents is 1. The van der Waals surface area contributed by atoms with E-state index in [0.29, 0.717) is 17.2 Å². The maximum absolute atomic E-state index is 11.8. The van der Waals surface area contributed by atoms with Crippen molar-refractivity contribution in [3.8, 4) is 34.5 Å². The van der Waals surface area contributed by atoms with Gasteiger partial charge in [-0.3, -0.25) is 4.55 Å². The summed E-state index contributed by atoms with van der Waals surface area (Å²) >= 11 is 0. The molecule has 0 spiro atoms. The summed E-state index contributed by atoms with van der Waals surface area (Å²) in [6, 6.07) is 22.4. The molecule has 0 bridgehead atoms. The molecule has 13 heteroatoms. The third-order valence-electron chi connectivity index (χ3n) is 10.8. The van der Waals surface area contributed by atoms with Crippen LogP contribution in [0.15, 0.2) is 94.7 Å². The van der Waals surface area contributed by atoms with Crippen molar-refractivity contribution in [2.24, 2.45) is 0 Å². The Balaban J connectivity index is 0.000000427. The van der Waals surface area contributed by atoms with Crippen molar-refractivity contribution in [2.45, 2.75) is 178 Å². The van der Waals surface area contributed by atoms with Crippen molar-refractivity contribution < 1.29 is 45.6 Å². The average Bonchev–Trinajstić information content (AvgIpc) is 3.22. The molecule has 0 amide bonds. The Morgan fingerprint density at radius 2 is 0.778 bits per heavy atom. The molecule has 2 N–H and O–H groups in total. The fourth-order valence-electron chi connectivity index (χ4n) is 7.24. The standard InChI is InChI=1S/2C25H36O5S.Ca/c2*1-2-3-4-5-6-7-8-9-10-11-12-13-21-14-16-22(17-15-21)30-23-18-19-25(24(26)20-23)31(27,28)29;/h2*14-20,26H,2-13H2,1H3,(H,27,28,29);/q;;+2/p-2. The predicted molar refractivity (Wildman–Crippen MR) is 251 cm³/mol. The first-order chi connectivity index (χ1) is 29.8. The van der Waals surface area contributed by atoms with Gasteiger partial charge in [0.05, 0.1) is 0 Å². The molecule has 344 valence electrons. The minimum Gasteiger partial charge on any atom is -0.872 e. The summed E-state index contributed by atoms with van der Waals surface area (Å²) in [5.74, 6) is 0.244. The van der Waals surface area contributed by atoms with E-state index >= 15 is 0 Å². The minimum atomic E-state index is -4.77. The predicted octanol–water partition coefficient (Wildman–Crippen LogP) is 13.2. The second kappa shape index (κ2) is 31.9. The number of hydrogen-bond acceptors (Lipinski definition) is 9. The van der Waals surface area contributed by atoms with Gasteiger partial charge < -0.3 is 24.2 Å². The largest absolute Gasteiger partial charge is 2.00 e. The van der Waals surface area contributed by atoms with Crippen molar-refractivity contribution in [2.75, 3.05) is 0 Å². The first-order valence-corrected chi connectivity index (χ1v) is 25.8. The molecule has 0 fully saturated rings. The maximum Gasteiger partial charge on any atom is 2.00 e. The summed E-state index contributed by atoms with van der Waals surface area (Å²) in [5.41, 5.74) is 2.49. The monoisotopic (exact) mass is 934 g/mol. The first-order valence-electron chi connectivity index (χ1n) is 22.9. The van der Waals surface area contributed by atoms with Gasteiger partial charge in [-0.25, -0.2) is 8.42 Å². The van der Waals surface area contributed by atoms with Gasteiger partial charge in [-0.1, -0.05) is 172 Å². The molecule has 4 rings (SSSR count). The number of unbranched alkanes of at least 4 members (excludes halogenated alkanes) is 20. The Hall–Kier alpha value is -2.84. The molecule has 0 heterocycles. The van der Waals surface area contributed by atoms with Gasteiger partial charge in [0.2, 0.25) is 0 Å². The van der Waals surface area contributed by atoms with Crippen LogP contribution in [0.4, 0.5) is 0 Å². The van der Waals surface area contributed by atoms with Gasteiger partial charge in [0, 0.05) is 11.0 Å². The summed E-state index contributed by atoms with van der Waals surface area (Å²) < 4.78 is 75.5. The van der Waals surface area contributed by atoms with Crippen LogP contribution in [0.1, 0.15) is 166 Å². The Labute approximate surface area is 408 Å². The van der Waals surface area contributed by atoms with E-state index < -0.39 is 41.5 Å². The van der Waals surface area contributed by atoms with E-state index in [9.17, 15) is 31.6 Å². The van der Waals surface area contributed by atoms with Crippen LogP contribution in [0.2, 0.25) is 0 Å². The normalized spacial score (nSPS) is 11.4. The summed E-state index contributed by atoms with van der Waals surface area (Å²) in [7, 11) is -9.23. The molecular formula is C50H70CaO10S2. The van der Waals surface area contributed by atoms with Crippen molar-refractivity contribution in [1.29, 1.82) is 0 Å². The number of rotatable bonds is 30. The fraction of sp³-hybridized carbons (Fsp3) is 0.520. The SMILES string of the molecule is CCCCCCCCCCCCCc1ccc(Oc2ccc(S(=O)(=O)O)c(O)c2)cc1.CCCCCCCCCCCCCc1ccc(Oc2ccc(S(=O)(=O)[O-])c([O-])c2)cc1.[Ca+2]. The number of phenols is 1. The molecule has 63 heavy (non-hydrogen) atoms. The van der Waals surface area contributed by atoms with Gasteiger partial charge in [0.25, 0.3) is 10.1 Å². The van der Waals surface area contributed by atoms with Crippen LogP contribution in [0.25, 0.3) is 0 Å². The minimum absolute atomic E-state index is 0. The van der Waals surface area contributed by atoms with Crippen LogP contribution in [-0.2, 0) is 33.1 Å². The van der Waals surface area contributed by atoms with Gasteiger partial charge in [0.15, 0.2) is 0 Å². The van der Waals surface area contributed by atoms with Crippen LogP contribution in [0.3, 0.4) is 0 Å². The number of benzene rings is 4. The second-order valence-electron chi connectivity index (χ2n) is 16.2. The summed E-state index contributed by atoms with van der Waals surface area (Å²) in [6.07, 6.45) is 31.3. The average molecular weight is 935 g/mol. The van der Waals surface area contributed by atoms with Crippen LogP contribution in [0, 0.1) is 0 Å². The topological polar surface area (TPSA) is 173 Å². The molecule has 4 aromatic carbocycles. The number of aryl methyl sites for hydroxylation is 2. The molecule has 0 aromatic heterocycles. The van der Waals surface area contributed by atoms with E-state index in [0.717, 1.165) is 31.0 Å². The molecule has 0 saturated carbocycles. The third-order valence-corrected chi connectivity index (χ3v) is 12.6. The van der Waals surface area contributed by atoms with Crippen molar-refractivity contribution in [3.05, 3.63) is 96.1 Å². The van der Waals surface area contributed by atoms with E-state index in [1.54, 1.807) is 0 Å². The second-order valence-corrected chi connectivity index (χ2v) is 19.0. The summed E-state index contributed by atoms with van der Waals surface area (Å²) in [4.78, 5) is -1.30. The van der Waals surface area contributed by atoms with E-state index in [2.05, 4.69) is 13.8 Å². The molecule has 0 atom stereocenters.